The molecule has 35 heavy (non-hydrogen) atoms. The molecule has 2 aromatic heterocycles. The number of pyridine rings is 1. The van der Waals surface area contributed by atoms with E-state index in [-0.39, 0.29) is 18.9 Å². The highest BCUT2D eigenvalue weighted by Crippen LogP contribution is 2.45. The third kappa shape index (κ3) is 4.33. The van der Waals surface area contributed by atoms with Gasteiger partial charge in [-0.3, -0.25) is 0 Å². The Hall–Kier alpha value is -2.85. The van der Waals surface area contributed by atoms with Crippen molar-refractivity contribution >= 4 is 39.3 Å². The van der Waals surface area contributed by atoms with Crippen molar-refractivity contribution in [2.75, 3.05) is 23.7 Å². The summed E-state index contributed by atoms with van der Waals surface area (Å²) in [6.07, 6.45) is 3.93. The van der Waals surface area contributed by atoms with Crippen molar-refractivity contribution in [1.29, 1.82) is 0 Å². The van der Waals surface area contributed by atoms with Gasteiger partial charge in [-0.25, -0.2) is 18.0 Å². The van der Waals surface area contributed by atoms with Crippen LogP contribution in [-0.2, 0) is 26.2 Å². The summed E-state index contributed by atoms with van der Waals surface area (Å²) in [6.45, 7) is 2.13. The summed E-state index contributed by atoms with van der Waals surface area (Å²) in [5.41, 5.74) is 2.06. The highest BCUT2D eigenvalue weighted by atomic mass is 35.5. The number of hydrogen-bond acceptors (Lipinski definition) is 4. The number of aromatic nitrogens is 2. The average Bonchev–Trinajstić information content (AvgIpc) is 3.49. The van der Waals surface area contributed by atoms with Gasteiger partial charge in [-0.05, 0) is 42.3 Å². The molecular weight excluding hydrogens is 496 g/mol. The van der Waals surface area contributed by atoms with Crippen LogP contribution in [0.2, 0.25) is 5.02 Å². The Labute approximate surface area is 208 Å². The molecule has 0 saturated carbocycles. The quantitative estimate of drug-likeness (QED) is 0.320. The van der Waals surface area contributed by atoms with Crippen LogP contribution in [0.15, 0.2) is 54.9 Å². The normalized spacial score (nSPS) is 16.0. The maximum atomic E-state index is 15.8. The fourth-order valence-corrected chi connectivity index (χ4v) is 5.22. The van der Waals surface area contributed by atoms with E-state index in [9.17, 15) is 4.21 Å². The van der Waals surface area contributed by atoms with Gasteiger partial charge in [0.05, 0.1) is 24.5 Å². The van der Waals surface area contributed by atoms with Crippen LogP contribution in [-0.4, -0.2) is 33.1 Å². The molecule has 2 aromatic carbocycles. The Balaban J connectivity index is 1.66. The van der Waals surface area contributed by atoms with Gasteiger partial charge < -0.3 is 19.2 Å². The second-order valence-electron chi connectivity index (χ2n) is 8.08. The number of rotatable bonds is 7. The summed E-state index contributed by atoms with van der Waals surface area (Å²) >= 11 is 6.02. The molecule has 10 heteroatoms. The number of ether oxygens (including phenoxy) is 2. The van der Waals surface area contributed by atoms with Gasteiger partial charge in [0.15, 0.2) is 5.82 Å². The first-order chi connectivity index (χ1) is 16.9. The topological polar surface area (TPSA) is 76.2 Å². The second-order valence-corrected chi connectivity index (χ2v) is 9.82. The lowest BCUT2D eigenvalue weighted by Crippen LogP contribution is -2.31. The van der Waals surface area contributed by atoms with E-state index >= 15 is 8.78 Å². The predicted molar refractivity (Wildman–Crippen MR) is 133 cm³/mol. The SMILES string of the molecule is CCCS(=O)Nc1ccc(F)c(C2(c3c[nH]c4ncc(-c5ccc(Cl)cc5)cc34)OCCO2)c1F. The molecule has 1 atom stereocenters. The Bertz CT molecular complexity index is 1410. The maximum Gasteiger partial charge on any atom is 0.230 e. The van der Waals surface area contributed by atoms with E-state index in [1.807, 2.05) is 25.1 Å². The molecule has 4 aromatic rings. The molecule has 1 unspecified atom stereocenters. The van der Waals surface area contributed by atoms with Gasteiger partial charge in [0.25, 0.3) is 0 Å². The molecule has 2 N–H and O–H groups in total. The molecule has 0 radical (unpaired) electrons. The van der Waals surface area contributed by atoms with Crippen LogP contribution in [0.4, 0.5) is 14.5 Å². The van der Waals surface area contributed by atoms with E-state index in [0.29, 0.717) is 33.8 Å². The monoisotopic (exact) mass is 517 g/mol. The molecule has 1 fully saturated rings. The molecular formula is C25H22ClF2N3O3S. The lowest BCUT2D eigenvalue weighted by molar-refractivity contribution is -0.133. The molecule has 3 heterocycles. The van der Waals surface area contributed by atoms with Gasteiger partial charge in [0.1, 0.15) is 22.5 Å². The number of halogens is 3. The standard InChI is InChI=1S/C25H22ClF2N3O3S/c1-2-11-35(32)31-21-8-7-20(27)22(23(21)28)25(33-9-10-34-25)19-14-30-24-18(19)12-16(13-29-24)15-3-5-17(26)6-4-15/h3-8,12-14,31H,2,9-11H2,1H3,(H,29,30). The van der Waals surface area contributed by atoms with Crippen LogP contribution in [0.5, 0.6) is 0 Å². The van der Waals surface area contributed by atoms with Crippen LogP contribution in [0.25, 0.3) is 22.2 Å². The van der Waals surface area contributed by atoms with E-state index in [1.54, 1.807) is 24.5 Å². The molecule has 6 nitrogen and oxygen atoms in total. The van der Waals surface area contributed by atoms with Gasteiger partial charge in [-0.2, -0.15) is 0 Å². The van der Waals surface area contributed by atoms with E-state index in [2.05, 4.69) is 14.7 Å². The summed E-state index contributed by atoms with van der Waals surface area (Å²) in [5.74, 6) is -3.29. The molecule has 1 aliphatic rings. The van der Waals surface area contributed by atoms with Gasteiger partial charge >= 0.3 is 0 Å². The van der Waals surface area contributed by atoms with Crippen LogP contribution in [0.3, 0.4) is 0 Å². The largest absolute Gasteiger partial charge is 0.346 e. The summed E-state index contributed by atoms with van der Waals surface area (Å²) in [4.78, 5) is 7.53. The minimum atomic E-state index is -1.85. The molecule has 0 aliphatic carbocycles. The van der Waals surface area contributed by atoms with Crippen LogP contribution in [0.1, 0.15) is 24.5 Å². The van der Waals surface area contributed by atoms with Crippen molar-refractivity contribution in [2.24, 2.45) is 0 Å². The van der Waals surface area contributed by atoms with E-state index in [0.717, 1.165) is 17.2 Å². The maximum absolute atomic E-state index is 15.8. The third-order valence-electron chi connectivity index (χ3n) is 5.79. The molecule has 182 valence electrons. The van der Waals surface area contributed by atoms with Crippen molar-refractivity contribution in [3.05, 3.63) is 82.6 Å². The number of nitrogens with zero attached hydrogens (tertiary/aromatic N) is 1. The number of anilines is 1. The van der Waals surface area contributed by atoms with Gasteiger partial charge in [-0.15, -0.1) is 0 Å². The van der Waals surface area contributed by atoms with Crippen molar-refractivity contribution in [1.82, 2.24) is 9.97 Å². The Kier molecular flexibility index (Phi) is 6.59. The first-order valence-electron chi connectivity index (χ1n) is 11.1. The fourth-order valence-electron chi connectivity index (χ4n) is 4.21. The first kappa shape index (κ1) is 23.9. The van der Waals surface area contributed by atoms with E-state index in [4.69, 9.17) is 21.1 Å². The highest BCUT2D eigenvalue weighted by molar-refractivity contribution is 7.86. The van der Waals surface area contributed by atoms with Crippen LogP contribution >= 0.6 is 11.6 Å². The Morgan fingerprint density at radius 1 is 1.14 bits per heavy atom. The highest BCUT2D eigenvalue weighted by Gasteiger charge is 2.47. The summed E-state index contributed by atoms with van der Waals surface area (Å²) in [7, 11) is -1.52. The summed E-state index contributed by atoms with van der Waals surface area (Å²) in [6, 6.07) is 11.5. The minimum Gasteiger partial charge on any atom is -0.346 e. The van der Waals surface area contributed by atoms with Gasteiger partial charge in [0, 0.05) is 39.7 Å². The predicted octanol–water partition coefficient (Wildman–Crippen LogP) is 5.90. The number of fused-ring (bicyclic) bond motifs is 1. The number of H-pyrrole nitrogens is 1. The lowest BCUT2D eigenvalue weighted by Gasteiger charge is -2.29. The smallest absolute Gasteiger partial charge is 0.230 e. The molecule has 0 amide bonds. The van der Waals surface area contributed by atoms with Crippen molar-refractivity contribution in [3.63, 3.8) is 0 Å². The van der Waals surface area contributed by atoms with Gasteiger partial charge in [0.2, 0.25) is 5.79 Å². The summed E-state index contributed by atoms with van der Waals surface area (Å²) < 4.78 is 57.7. The number of nitrogens with one attached hydrogen (secondary N) is 2. The molecule has 0 bridgehead atoms. The molecule has 1 aliphatic heterocycles. The van der Waals surface area contributed by atoms with E-state index in [1.165, 1.54) is 6.07 Å². The number of benzene rings is 2. The van der Waals surface area contributed by atoms with Gasteiger partial charge in [-0.1, -0.05) is 30.7 Å². The summed E-state index contributed by atoms with van der Waals surface area (Å²) in [5, 5.41) is 1.20. The van der Waals surface area contributed by atoms with Crippen molar-refractivity contribution < 1.29 is 22.5 Å². The Morgan fingerprint density at radius 2 is 1.89 bits per heavy atom. The number of aromatic amines is 1. The molecule has 5 rings (SSSR count). The third-order valence-corrected chi connectivity index (χ3v) is 7.27. The first-order valence-corrected chi connectivity index (χ1v) is 12.8. The zero-order chi connectivity index (χ0) is 24.6. The van der Waals surface area contributed by atoms with Crippen molar-refractivity contribution in [3.8, 4) is 11.1 Å². The molecule has 1 saturated heterocycles. The lowest BCUT2D eigenvalue weighted by atomic mass is 9.94. The molecule has 0 spiro atoms. The Morgan fingerprint density at radius 3 is 2.60 bits per heavy atom. The van der Waals surface area contributed by atoms with Crippen molar-refractivity contribution in [2.45, 2.75) is 19.1 Å². The number of hydrogen-bond donors (Lipinski definition) is 2. The minimum absolute atomic E-state index is 0.0912. The zero-order valence-corrected chi connectivity index (χ0v) is 20.3. The van der Waals surface area contributed by atoms with Crippen LogP contribution in [0, 0.1) is 11.6 Å². The zero-order valence-electron chi connectivity index (χ0n) is 18.7. The fraction of sp³-hybridized carbons (Fsp3) is 0.240. The van der Waals surface area contributed by atoms with Crippen LogP contribution < -0.4 is 4.72 Å². The van der Waals surface area contributed by atoms with E-state index < -0.39 is 34.0 Å². The second kappa shape index (κ2) is 9.66. The average molecular weight is 518 g/mol.